The Labute approximate surface area is 168 Å². The molecule has 4 N–H and O–H groups in total. The molecule has 0 aromatic carbocycles. The molecule has 2 aliphatic rings. The number of nitrogens with two attached hydrogens (primary N) is 1. The molecule has 2 aliphatic carbocycles. The largest absolute Gasteiger partial charge is 0.379 e. The zero-order chi connectivity index (χ0) is 20.1. The van der Waals surface area contributed by atoms with Gasteiger partial charge in [-0.2, -0.15) is 4.98 Å². The van der Waals surface area contributed by atoms with Gasteiger partial charge >= 0.3 is 0 Å². The number of nitrogens with one attached hydrogen (secondary N) is 2. The number of anilines is 2. The molecule has 1 heterocycles. The maximum atomic E-state index is 11.9. The summed E-state index contributed by atoms with van der Waals surface area (Å²) < 4.78 is 5.72. The third-order valence-electron chi connectivity index (χ3n) is 6.01. The maximum Gasteiger partial charge on any atom is 0.254 e. The van der Waals surface area contributed by atoms with Gasteiger partial charge in [-0.05, 0) is 57.3 Å². The first kappa shape index (κ1) is 20.8. The molecule has 0 aliphatic heterocycles. The van der Waals surface area contributed by atoms with Crippen LogP contribution in [0.3, 0.4) is 0 Å². The Hall–Kier alpha value is -1.89. The molecule has 2 fully saturated rings. The summed E-state index contributed by atoms with van der Waals surface area (Å²) in [6.07, 6.45) is 10.6. The van der Waals surface area contributed by atoms with Crippen LogP contribution in [0.2, 0.25) is 0 Å². The van der Waals surface area contributed by atoms with Crippen molar-refractivity contribution < 1.29 is 9.53 Å². The lowest BCUT2D eigenvalue weighted by molar-refractivity contribution is 0.0346. The number of nitrogens with zero attached hydrogens (tertiary/aromatic N) is 2. The first-order chi connectivity index (χ1) is 13.4. The van der Waals surface area contributed by atoms with E-state index in [4.69, 9.17) is 10.5 Å². The molecule has 3 rings (SSSR count). The highest BCUT2D eigenvalue weighted by molar-refractivity contribution is 5.97. The number of hydrogen-bond donors (Lipinski definition) is 3. The van der Waals surface area contributed by atoms with Crippen LogP contribution < -0.4 is 16.4 Å². The van der Waals surface area contributed by atoms with Gasteiger partial charge in [0, 0.05) is 24.9 Å². The fourth-order valence-corrected chi connectivity index (χ4v) is 4.55. The fourth-order valence-electron chi connectivity index (χ4n) is 4.55. The summed E-state index contributed by atoms with van der Waals surface area (Å²) in [5, 5.41) is 6.91. The van der Waals surface area contributed by atoms with Crippen molar-refractivity contribution in [1.29, 1.82) is 0 Å². The van der Waals surface area contributed by atoms with Gasteiger partial charge in [-0.15, -0.1) is 0 Å². The van der Waals surface area contributed by atoms with Crippen LogP contribution in [-0.2, 0) is 4.74 Å². The van der Waals surface area contributed by atoms with Crippen molar-refractivity contribution in [3.63, 3.8) is 0 Å². The molecule has 2 saturated carbocycles. The van der Waals surface area contributed by atoms with Crippen molar-refractivity contribution >= 4 is 17.7 Å². The van der Waals surface area contributed by atoms with Crippen LogP contribution >= 0.6 is 0 Å². The fraction of sp³-hybridized carbons (Fsp3) is 0.762. The van der Waals surface area contributed by atoms with E-state index < -0.39 is 5.91 Å². The number of carbonyl (C=O) groups is 1. The van der Waals surface area contributed by atoms with Gasteiger partial charge in [-0.1, -0.05) is 20.3 Å². The minimum atomic E-state index is -0.499. The Morgan fingerprint density at radius 1 is 1.21 bits per heavy atom. The average molecular weight is 390 g/mol. The number of primary amides is 1. The van der Waals surface area contributed by atoms with E-state index in [1.54, 1.807) is 6.20 Å². The highest BCUT2D eigenvalue weighted by atomic mass is 16.5. The second-order valence-electron chi connectivity index (χ2n) is 9.00. The summed E-state index contributed by atoms with van der Waals surface area (Å²) >= 11 is 0. The highest BCUT2D eigenvalue weighted by Gasteiger charge is 2.29. The van der Waals surface area contributed by atoms with E-state index in [1.165, 1.54) is 12.8 Å². The van der Waals surface area contributed by atoms with E-state index >= 15 is 0 Å². The Morgan fingerprint density at radius 2 is 1.96 bits per heavy atom. The smallest absolute Gasteiger partial charge is 0.254 e. The molecule has 0 bridgehead atoms. The molecule has 1 aromatic heterocycles. The normalized spacial score (nSPS) is 27.2. The molecule has 28 heavy (non-hydrogen) atoms. The van der Waals surface area contributed by atoms with Crippen LogP contribution in [0.1, 0.15) is 82.5 Å². The molecule has 1 amide bonds. The van der Waals surface area contributed by atoms with Crippen LogP contribution in [0, 0.1) is 5.41 Å². The van der Waals surface area contributed by atoms with Gasteiger partial charge in [-0.25, -0.2) is 4.98 Å². The topological polar surface area (TPSA) is 102 Å². The number of hydrogen-bond acceptors (Lipinski definition) is 6. The van der Waals surface area contributed by atoms with Gasteiger partial charge in [0.15, 0.2) is 0 Å². The van der Waals surface area contributed by atoms with E-state index in [2.05, 4.69) is 34.4 Å². The number of aromatic nitrogens is 2. The van der Waals surface area contributed by atoms with Crippen LogP contribution in [-0.4, -0.2) is 40.7 Å². The number of carbonyl (C=O) groups excluding carboxylic acids is 1. The van der Waals surface area contributed by atoms with Gasteiger partial charge in [0.25, 0.3) is 5.91 Å². The molecule has 7 nitrogen and oxygen atoms in total. The second-order valence-corrected chi connectivity index (χ2v) is 9.00. The van der Waals surface area contributed by atoms with Crippen molar-refractivity contribution in [1.82, 2.24) is 9.97 Å². The monoisotopic (exact) mass is 389 g/mol. The SMILES string of the molecule is CCOC1CCC(Nc2ncc(C(N)=O)c(N[C@@H]3CCCC(C)(C)C3)n2)CC1. The van der Waals surface area contributed by atoms with Gasteiger partial charge in [0.2, 0.25) is 5.95 Å². The molecule has 0 radical (unpaired) electrons. The maximum absolute atomic E-state index is 11.9. The van der Waals surface area contributed by atoms with E-state index in [0.29, 0.717) is 40.9 Å². The van der Waals surface area contributed by atoms with Crippen molar-refractivity contribution in [2.45, 2.75) is 90.3 Å². The van der Waals surface area contributed by atoms with Gasteiger partial charge in [-0.3, -0.25) is 4.79 Å². The van der Waals surface area contributed by atoms with Crippen LogP contribution in [0.15, 0.2) is 6.20 Å². The Bertz CT molecular complexity index is 671. The molecule has 7 heteroatoms. The highest BCUT2D eigenvalue weighted by Crippen LogP contribution is 2.36. The molecular formula is C21H35N5O2. The van der Waals surface area contributed by atoms with E-state index in [-0.39, 0.29) is 0 Å². The van der Waals surface area contributed by atoms with E-state index in [1.807, 2.05) is 6.92 Å². The van der Waals surface area contributed by atoms with Crippen molar-refractivity contribution in [3.05, 3.63) is 11.8 Å². The van der Waals surface area contributed by atoms with Gasteiger partial charge in [0.1, 0.15) is 5.82 Å². The van der Waals surface area contributed by atoms with E-state index in [0.717, 1.165) is 45.1 Å². The van der Waals surface area contributed by atoms with Crippen LogP contribution in [0.5, 0.6) is 0 Å². The van der Waals surface area contributed by atoms with Gasteiger partial charge in [0.05, 0.1) is 11.7 Å². The first-order valence-corrected chi connectivity index (χ1v) is 10.7. The predicted molar refractivity (Wildman–Crippen MR) is 112 cm³/mol. The van der Waals surface area contributed by atoms with E-state index in [9.17, 15) is 4.79 Å². The van der Waals surface area contributed by atoms with Crippen LogP contribution in [0.25, 0.3) is 0 Å². The summed E-state index contributed by atoms with van der Waals surface area (Å²) in [6, 6.07) is 0.629. The molecular weight excluding hydrogens is 354 g/mol. The number of amides is 1. The quantitative estimate of drug-likeness (QED) is 0.657. The Balaban J connectivity index is 1.67. The molecule has 1 atom stereocenters. The second kappa shape index (κ2) is 9.07. The molecule has 156 valence electrons. The molecule has 0 unspecified atom stereocenters. The number of ether oxygens (including phenoxy) is 1. The standard InChI is InChI=1S/C21H35N5O2/c1-4-28-16-9-7-14(8-10-16)25-20-23-13-17(18(22)27)19(26-20)24-15-6-5-11-21(2,3)12-15/h13-16H,4-12H2,1-3H3,(H2,22,27)(H2,23,24,25,26)/t14?,15-,16?/m1/s1. The van der Waals surface area contributed by atoms with Gasteiger partial charge < -0.3 is 21.1 Å². The zero-order valence-electron chi connectivity index (χ0n) is 17.5. The summed E-state index contributed by atoms with van der Waals surface area (Å²) in [7, 11) is 0. The lowest BCUT2D eigenvalue weighted by atomic mass is 9.75. The predicted octanol–water partition coefficient (Wildman–Crippen LogP) is 3.72. The third-order valence-corrected chi connectivity index (χ3v) is 6.01. The first-order valence-electron chi connectivity index (χ1n) is 10.7. The zero-order valence-corrected chi connectivity index (χ0v) is 17.5. The Morgan fingerprint density at radius 3 is 2.61 bits per heavy atom. The third kappa shape index (κ3) is 5.56. The molecule has 0 saturated heterocycles. The molecule has 1 aromatic rings. The number of rotatable bonds is 7. The summed E-state index contributed by atoms with van der Waals surface area (Å²) in [6.45, 7) is 7.40. The lowest BCUT2D eigenvalue weighted by Crippen LogP contribution is -2.33. The van der Waals surface area contributed by atoms with Crippen molar-refractivity contribution in [2.24, 2.45) is 11.1 Å². The Kier molecular flexibility index (Phi) is 6.75. The summed E-state index contributed by atoms with van der Waals surface area (Å²) in [4.78, 5) is 20.8. The minimum absolute atomic E-state index is 0.297. The molecule has 0 spiro atoms. The minimum Gasteiger partial charge on any atom is -0.379 e. The van der Waals surface area contributed by atoms with Crippen molar-refractivity contribution in [3.8, 4) is 0 Å². The average Bonchev–Trinajstić information content (AvgIpc) is 2.63. The lowest BCUT2D eigenvalue weighted by Gasteiger charge is -2.36. The van der Waals surface area contributed by atoms with Crippen LogP contribution in [0.4, 0.5) is 11.8 Å². The summed E-state index contributed by atoms with van der Waals surface area (Å²) in [5.41, 5.74) is 6.22. The van der Waals surface area contributed by atoms with Crippen molar-refractivity contribution in [2.75, 3.05) is 17.2 Å². The summed E-state index contributed by atoms with van der Waals surface area (Å²) in [5.74, 6) is 0.611.